The van der Waals surface area contributed by atoms with Gasteiger partial charge in [0, 0.05) is 24.8 Å². The Bertz CT molecular complexity index is 649. The monoisotopic (exact) mass is 318 g/mol. The van der Waals surface area contributed by atoms with Gasteiger partial charge in [0.15, 0.2) is 5.82 Å². The molecule has 0 aliphatic carbocycles. The van der Waals surface area contributed by atoms with E-state index in [2.05, 4.69) is 39.8 Å². The zero-order valence-electron chi connectivity index (χ0n) is 14.3. The maximum Gasteiger partial charge on any atom is 0.254 e. The summed E-state index contributed by atoms with van der Waals surface area (Å²) in [6, 6.07) is 2.08. The molecule has 2 aromatic heterocycles. The number of morpholine rings is 1. The highest BCUT2D eigenvalue weighted by molar-refractivity contribution is 5.47. The van der Waals surface area contributed by atoms with Crippen molar-refractivity contribution in [2.24, 2.45) is 0 Å². The van der Waals surface area contributed by atoms with Gasteiger partial charge in [0.05, 0.1) is 19.8 Å². The van der Waals surface area contributed by atoms with Crippen molar-refractivity contribution >= 4 is 11.6 Å². The van der Waals surface area contributed by atoms with Crippen LogP contribution in [0.5, 0.6) is 0 Å². The molecule has 0 N–H and O–H groups in total. The van der Waals surface area contributed by atoms with Crippen LogP contribution in [-0.4, -0.2) is 64.4 Å². The van der Waals surface area contributed by atoms with E-state index >= 15 is 0 Å². The lowest BCUT2D eigenvalue weighted by atomic mass is 10.3. The summed E-state index contributed by atoms with van der Waals surface area (Å²) < 4.78 is 7.33. The molecule has 0 saturated carbocycles. The van der Waals surface area contributed by atoms with E-state index in [9.17, 15) is 0 Å². The molecule has 0 spiro atoms. The van der Waals surface area contributed by atoms with Crippen LogP contribution in [0.25, 0.3) is 5.78 Å². The van der Waals surface area contributed by atoms with Gasteiger partial charge in [-0.05, 0) is 26.9 Å². The fourth-order valence-electron chi connectivity index (χ4n) is 2.84. The molecule has 23 heavy (non-hydrogen) atoms. The molecule has 7 nitrogen and oxygen atoms in total. The fourth-order valence-corrected chi connectivity index (χ4v) is 2.84. The summed E-state index contributed by atoms with van der Waals surface area (Å²) in [6.07, 6.45) is 2.39. The summed E-state index contributed by atoms with van der Waals surface area (Å²) in [5.74, 6) is 2.58. The van der Waals surface area contributed by atoms with Gasteiger partial charge < -0.3 is 9.64 Å². The van der Waals surface area contributed by atoms with Crippen LogP contribution in [0.2, 0.25) is 0 Å². The molecule has 1 aliphatic rings. The van der Waals surface area contributed by atoms with Crippen LogP contribution in [-0.2, 0) is 11.3 Å². The van der Waals surface area contributed by atoms with Crippen LogP contribution in [0.3, 0.4) is 0 Å². The maximum absolute atomic E-state index is 5.45. The van der Waals surface area contributed by atoms with Gasteiger partial charge in [0.25, 0.3) is 5.78 Å². The molecule has 0 unspecified atom stereocenters. The lowest BCUT2D eigenvalue weighted by Gasteiger charge is -2.28. The number of nitrogens with zero attached hydrogens (tertiary/aromatic N) is 6. The van der Waals surface area contributed by atoms with E-state index < -0.39 is 0 Å². The quantitative estimate of drug-likeness (QED) is 0.804. The number of fused-ring (bicyclic) bond motifs is 1. The van der Waals surface area contributed by atoms with Gasteiger partial charge in [0.1, 0.15) is 5.82 Å². The van der Waals surface area contributed by atoms with Crippen molar-refractivity contribution in [3.05, 3.63) is 17.6 Å². The first-order valence-corrected chi connectivity index (χ1v) is 8.42. The first-order chi connectivity index (χ1) is 11.2. The highest BCUT2D eigenvalue weighted by Gasteiger charge is 2.18. The number of anilines is 1. The Morgan fingerprint density at radius 3 is 2.78 bits per heavy atom. The first-order valence-electron chi connectivity index (χ1n) is 8.42. The van der Waals surface area contributed by atoms with Gasteiger partial charge in [-0.25, -0.2) is 4.98 Å². The van der Waals surface area contributed by atoms with Crippen LogP contribution in [0, 0.1) is 6.92 Å². The summed E-state index contributed by atoms with van der Waals surface area (Å²) in [7, 11) is 2.11. The van der Waals surface area contributed by atoms with E-state index in [-0.39, 0.29) is 0 Å². The predicted octanol–water partition coefficient (Wildman–Crippen LogP) is 1.50. The van der Waals surface area contributed by atoms with E-state index in [1.54, 1.807) is 0 Å². The summed E-state index contributed by atoms with van der Waals surface area (Å²) in [4.78, 5) is 13.7. The van der Waals surface area contributed by atoms with Gasteiger partial charge in [0.2, 0.25) is 0 Å². The van der Waals surface area contributed by atoms with Crippen molar-refractivity contribution in [1.29, 1.82) is 0 Å². The molecule has 0 atom stereocenters. The van der Waals surface area contributed by atoms with Crippen molar-refractivity contribution in [2.75, 3.05) is 44.8 Å². The number of unbranched alkanes of at least 4 members (excludes halogenated alkanes) is 1. The van der Waals surface area contributed by atoms with Gasteiger partial charge in [-0.2, -0.15) is 9.50 Å². The van der Waals surface area contributed by atoms with E-state index in [1.165, 1.54) is 12.8 Å². The Morgan fingerprint density at radius 1 is 1.26 bits per heavy atom. The average Bonchev–Trinajstić information content (AvgIpc) is 2.94. The summed E-state index contributed by atoms with van der Waals surface area (Å²) in [5.41, 5.74) is 0.970. The second kappa shape index (κ2) is 7.23. The smallest absolute Gasteiger partial charge is 0.254 e. The molecule has 3 rings (SSSR count). The standard InChI is InChI=1S/C16H26N6O/c1-4-5-6-20(3)12-14-18-16-17-13(2)11-15(22(16)19-14)21-7-9-23-10-8-21/h11H,4-10,12H2,1-3H3. The Kier molecular flexibility index (Phi) is 5.07. The van der Waals surface area contributed by atoms with Crippen LogP contribution >= 0.6 is 0 Å². The lowest BCUT2D eigenvalue weighted by molar-refractivity contribution is 0.122. The second-order valence-electron chi connectivity index (χ2n) is 6.19. The average molecular weight is 318 g/mol. The van der Waals surface area contributed by atoms with Gasteiger partial charge >= 0.3 is 0 Å². The molecule has 0 bridgehead atoms. The number of aromatic nitrogens is 4. The van der Waals surface area contributed by atoms with Crippen LogP contribution in [0.1, 0.15) is 31.3 Å². The molecule has 126 valence electrons. The van der Waals surface area contributed by atoms with Gasteiger partial charge in [-0.1, -0.05) is 13.3 Å². The SMILES string of the molecule is CCCCN(C)Cc1nc2nc(C)cc(N3CCOCC3)n2n1. The Balaban J connectivity index is 1.86. The zero-order valence-corrected chi connectivity index (χ0v) is 14.3. The van der Waals surface area contributed by atoms with Gasteiger partial charge in [-0.15, -0.1) is 5.10 Å². The van der Waals surface area contributed by atoms with E-state index in [0.717, 1.165) is 56.7 Å². The van der Waals surface area contributed by atoms with Crippen molar-refractivity contribution in [3.8, 4) is 0 Å². The minimum Gasteiger partial charge on any atom is -0.378 e. The van der Waals surface area contributed by atoms with Crippen molar-refractivity contribution in [1.82, 2.24) is 24.5 Å². The minimum atomic E-state index is 0.686. The Hall–Kier alpha value is -1.73. The molecule has 1 saturated heterocycles. The normalized spacial score (nSPS) is 15.7. The highest BCUT2D eigenvalue weighted by Crippen LogP contribution is 2.18. The molecule has 3 heterocycles. The van der Waals surface area contributed by atoms with Gasteiger partial charge in [-0.3, -0.25) is 4.90 Å². The highest BCUT2D eigenvalue weighted by atomic mass is 16.5. The molecular formula is C16H26N6O. The summed E-state index contributed by atoms with van der Waals surface area (Å²) in [6.45, 7) is 9.30. The topological polar surface area (TPSA) is 58.8 Å². The summed E-state index contributed by atoms with van der Waals surface area (Å²) in [5, 5.41) is 4.70. The third-order valence-corrected chi connectivity index (χ3v) is 4.11. The number of hydrogen-bond acceptors (Lipinski definition) is 6. The lowest BCUT2D eigenvalue weighted by Crippen LogP contribution is -2.37. The molecule has 2 aromatic rings. The number of hydrogen-bond donors (Lipinski definition) is 0. The molecule has 7 heteroatoms. The minimum absolute atomic E-state index is 0.686. The largest absolute Gasteiger partial charge is 0.378 e. The van der Waals surface area contributed by atoms with E-state index in [4.69, 9.17) is 9.84 Å². The maximum atomic E-state index is 5.45. The van der Waals surface area contributed by atoms with Crippen LogP contribution in [0.15, 0.2) is 6.07 Å². The molecule has 1 aliphatic heterocycles. The van der Waals surface area contributed by atoms with E-state index in [1.807, 2.05) is 11.4 Å². The number of rotatable bonds is 6. The Morgan fingerprint density at radius 2 is 2.04 bits per heavy atom. The number of ether oxygens (including phenoxy) is 1. The Labute approximate surface area is 137 Å². The first kappa shape index (κ1) is 16.1. The van der Waals surface area contributed by atoms with E-state index in [0.29, 0.717) is 5.78 Å². The molecular weight excluding hydrogens is 292 g/mol. The van der Waals surface area contributed by atoms with Crippen molar-refractivity contribution in [2.45, 2.75) is 33.2 Å². The van der Waals surface area contributed by atoms with Crippen molar-refractivity contribution in [3.63, 3.8) is 0 Å². The summed E-state index contributed by atoms with van der Waals surface area (Å²) >= 11 is 0. The van der Waals surface area contributed by atoms with Crippen molar-refractivity contribution < 1.29 is 4.74 Å². The predicted molar refractivity (Wildman–Crippen MR) is 89.8 cm³/mol. The molecule has 0 radical (unpaired) electrons. The van der Waals surface area contributed by atoms with Crippen LogP contribution < -0.4 is 4.90 Å². The molecule has 0 aromatic carbocycles. The zero-order chi connectivity index (χ0) is 16.2. The molecule has 0 amide bonds. The fraction of sp³-hybridized carbons (Fsp3) is 0.688. The molecule has 1 fully saturated rings. The second-order valence-corrected chi connectivity index (χ2v) is 6.19. The number of aryl methyl sites for hydroxylation is 1. The van der Waals surface area contributed by atoms with Crippen LogP contribution in [0.4, 0.5) is 5.82 Å². The third-order valence-electron chi connectivity index (χ3n) is 4.11. The third kappa shape index (κ3) is 3.79.